The fourth-order valence-electron chi connectivity index (χ4n) is 1.70. The summed E-state index contributed by atoms with van der Waals surface area (Å²) >= 11 is 0. The van der Waals surface area contributed by atoms with Crippen LogP contribution in [0.2, 0.25) is 0 Å². The van der Waals surface area contributed by atoms with E-state index in [4.69, 9.17) is 4.74 Å². The number of ether oxygens (including phenoxy) is 1. The molecule has 1 N–H and O–H groups in total. The lowest BCUT2D eigenvalue weighted by molar-refractivity contribution is 0.146. The summed E-state index contributed by atoms with van der Waals surface area (Å²) in [6, 6.07) is 1.14. The third-order valence-electron chi connectivity index (χ3n) is 3.38. The predicted octanol–water partition coefficient (Wildman–Crippen LogP) is 2.37. The third-order valence-corrected chi connectivity index (χ3v) is 3.38. The maximum Gasteiger partial charge on any atom is 0.0618 e. The molecule has 0 aromatic rings. The minimum Gasteiger partial charge on any atom is -0.383 e. The Morgan fingerprint density at radius 1 is 1.12 bits per heavy atom. The molecule has 0 aliphatic carbocycles. The summed E-state index contributed by atoms with van der Waals surface area (Å²) in [7, 11) is 3.97. The van der Waals surface area contributed by atoms with Crippen molar-refractivity contribution >= 4 is 0 Å². The Hall–Kier alpha value is -0.120. The van der Waals surface area contributed by atoms with E-state index < -0.39 is 0 Å². The standard InChI is InChI=1S/C14H32N2O/c1-12(2)14(11-17-6)15-9-7-8-10-16(5)13(3)4/h12-15H,7-11H2,1-6H3. The largest absolute Gasteiger partial charge is 0.383 e. The van der Waals surface area contributed by atoms with Crippen molar-refractivity contribution in [2.45, 2.75) is 52.6 Å². The summed E-state index contributed by atoms with van der Waals surface area (Å²) in [6.45, 7) is 12.1. The molecule has 0 aliphatic heterocycles. The molecule has 0 amide bonds. The normalized spacial score (nSPS) is 13.9. The molecule has 3 heteroatoms. The van der Waals surface area contributed by atoms with Gasteiger partial charge in [-0.15, -0.1) is 0 Å². The molecule has 0 radical (unpaired) electrons. The van der Waals surface area contributed by atoms with Crippen molar-refractivity contribution in [3.05, 3.63) is 0 Å². The van der Waals surface area contributed by atoms with Crippen LogP contribution in [0.3, 0.4) is 0 Å². The minimum atomic E-state index is 0.489. The Morgan fingerprint density at radius 2 is 1.76 bits per heavy atom. The number of methoxy groups -OCH3 is 1. The second kappa shape index (κ2) is 9.86. The first kappa shape index (κ1) is 16.9. The molecular weight excluding hydrogens is 212 g/mol. The third kappa shape index (κ3) is 8.58. The molecule has 0 aliphatic rings. The van der Waals surface area contributed by atoms with Crippen LogP contribution in [0.1, 0.15) is 40.5 Å². The minimum absolute atomic E-state index is 0.489. The highest BCUT2D eigenvalue weighted by Gasteiger charge is 2.11. The molecule has 1 atom stereocenters. The molecule has 0 bridgehead atoms. The second-order valence-electron chi connectivity index (χ2n) is 5.54. The van der Waals surface area contributed by atoms with Gasteiger partial charge in [-0.2, -0.15) is 0 Å². The fourth-order valence-corrected chi connectivity index (χ4v) is 1.70. The van der Waals surface area contributed by atoms with Crippen molar-refractivity contribution in [2.24, 2.45) is 5.92 Å². The van der Waals surface area contributed by atoms with Crippen LogP contribution in [0.15, 0.2) is 0 Å². The molecule has 3 nitrogen and oxygen atoms in total. The number of nitrogens with one attached hydrogen (secondary N) is 1. The topological polar surface area (TPSA) is 24.5 Å². The van der Waals surface area contributed by atoms with Crippen molar-refractivity contribution in [1.82, 2.24) is 10.2 Å². The van der Waals surface area contributed by atoms with E-state index in [-0.39, 0.29) is 0 Å². The molecule has 104 valence electrons. The summed E-state index contributed by atoms with van der Waals surface area (Å²) in [6.07, 6.45) is 2.50. The van der Waals surface area contributed by atoms with Crippen LogP contribution in [-0.4, -0.2) is 50.8 Å². The molecule has 0 heterocycles. The molecule has 0 saturated carbocycles. The van der Waals surface area contributed by atoms with E-state index in [9.17, 15) is 0 Å². The summed E-state index contributed by atoms with van der Waals surface area (Å²) in [5.41, 5.74) is 0. The van der Waals surface area contributed by atoms with Crippen molar-refractivity contribution in [2.75, 3.05) is 33.9 Å². The Labute approximate surface area is 108 Å². The van der Waals surface area contributed by atoms with Crippen LogP contribution in [0, 0.1) is 5.92 Å². The monoisotopic (exact) mass is 244 g/mol. The molecule has 1 unspecified atom stereocenters. The van der Waals surface area contributed by atoms with Crippen LogP contribution < -0.4 is 5.32 Å². The number of unbranched alkanes of at least 4 members (excludes halogenated alkanes) is 1. The van der Waals surface area contributed by atoms with Gasteiger partial charge in [-0.3, -0.25) is 0 Å². The lowest BCUT2D eigenvalue weighted by Crippen LogP contribution is -2.38. The first-order valence-electron chi connectivity index (χ1n) is 6.91. The number of hydrogen-bond acceptors (Lipinski definition) is 3. The summed E-state index contributed by atoms with van der Waals surface area (Å²) in [5.74, 6) is 0.633. The SMILES string of the molecule is COCC(NCCCCN(C)C(C)C)C(C)C. The van der Waals surface area contributed by atoms with E-state index in [1.807, 2.05) is 0 Å². The van der Waals surface area contributed by atoms with Crippen LogP contribution in [-0.2, 0) is 4.74 Å². The van der Waals surface area contributed by atoms with Gasteiger partial charge in [0.2, 0.25) is 0 Å². The van der Waals surface area contributed by atoms with Gasteiger partial charge in [-0.25, -0.2) is 0 Å². The van der Waals surface area contributed by atoms with Gasteiger partial charge in [-0.1, -0.05) is 13.8 Å². The lowest BCUT2D eigenvalue weighted by Gasteiger charge is -2.23. The van der Waals surface area contributed by atoms with Gasteiger partial charge in [0.25, 0.3) is 0 Å². The van der Waals surface area contributed by atoms with Gasteiger partial charge >= 0.3 is 0 Å². The van der Waals surface area contributed by atoms with Gasteiger partial charge in [0.05, 0.1) is 6.61 Å². The maximum atomic E-state index is 5.22. The molecule has 0 saturated heterocycles. The fraction of sp³-hybridized carbons (Fsp3) is 1.00. The van der Waals surface area contributed by atoms with E-state index in [1.165, 1.54) is 19.4 Å². The van der Waals surface area contributed by atoms with Gasteiger partial charge in [-0.05, 0) is 52.7 Å². The molecule has 0 fully saturated rings. The summed E-state index contributed by atoms with van der Waals surface area (Å²) in [5, 5.41) is 3.58. The zero-order chi connectivity index (χ0) is 13.3. The van der Waals surface area contributed by atoms with E-state index in [2.05, 4.69) is 45.0 Å². The van der Waals surface area contributed by atoms with Crippen LogP contribution in [0.4, 0.5) is 0 Å². The zero-order valence-electron chi connectivity index (χ0n) is 12.6. The van der Waals surface area contributed by atoms with Crippen molar-refractivity contribution in [1.29, 1.82) is 0 Å². The number of rotatable bonds is 10. The average molecular weight is 244 g/mol. The summed E-state index contributed by atoms with van der Waals surface area (Å²) < 4.78 is 5.22. The quantitative estimate of drug-likeness (QED) is 0.597. The number of hydrogen-bond donors (Lipinski definition) is 1. The van der Waals surface area contributed by atoms with E-state index in [1.54, 1.807) is 7.11 Å². The Kier molecular flexibility index (Phi) is 9.79. The molecule has 0 aromatic heterocycles. The number of nitrogens with zero attached hydrogens (tertiary/aromatic N) is 1. The van der Waals surface area contributed by atoms with Gasteiger partial charge in [0.1, 0.15) is 0 Å². The lowest BCUT2D eigenvalue weighted by atomic mass is 10.1. The van der Waals surface area contributed by atoms with E-state index >= 15 is 0 Å². The molecule has 0 spiro atoms. The highest BCUT2D eigenvalue weighted by atomic mass is 16.5. The van der Waals surface area contributed by atoms with Gasteiger partial charge in [0.15, 0.2) is 0 Å². The van der Waals surface area contributed by atoms with Crippen molar-refractivity contribution < 1.29 is 4.74 Å². The van der Waals surface area contributed by atoms with E-state index in [0.29, 0.717) is 18.0 Å². The summed E-state index contributed by atoms with van der Waals surface area (Å²) in [4.78, 5) is 2.40. The molecule has 0 aromatic carbocycles. The Balaban J connectivity index is 3.55. The highest BCUT2D eigenvalue weighted by molar-refractivity contribution is 4.69. The van der Waals surface area contributed by atoms with Gasteiger partial charge in [0, 0.05) is 19.2 Å². The van der Waals surface area contributed by atoms with E-state index in [0.717, 1.165) is 13.2 Å². The molecule has 0 rings (SSSR count). The predicted molar refractivity (Wildman–Crippen MR) is 75.5 cm³/mol. The van der Waals surface area contributed by atoms with Crippen molar-refractivity contribution in [3.8, 4) is 0 Å². The first-order valence-corrected chi connectivity index (χ1v) is 6.91. The smallest absolute Gasteiger partial charge is 0.0618 e. The van der Waals surface area contributed by atoms with Crippen LogP contribution in [0.5, 0.6) is 0 Å². The second-order valence-corrected chi connectivity index (χ2v) is 5.54. The first-order chi connectivity index (χ1) is 7.99. The maximum absolute atomic E-state index is 5.22. The van der Waals surface area contributed by atoms with Crippen molar-refractivity contribution in [3.63, 3.8) is 0 Å². The average Bonchev–Trinajstić information content (AvgIpc) is 2.26. The van der Waals surface area contributed by atoms with Crippen LogP contribution >= 0.6 is 0 Å². The Morgan fingerprint density at radius 3 is 2.24 bits per heavy atom. The molecule has 17 heavy (non-hydrogen) atoms. The van der Waals surface area contributed by atoms with Gasteiger partial charge < -0.3 is 15.0 Å². The zero-order valence-corrected chi connectivity index (χ0v) is 12.6. The Bertz CT molecular complexity index is 172. The highest BCUT2D eigenvalue weighted by Crippen LogP contribution is 2.03. The van der Waals surface area contributed by atoms with Crippen LogP contribution in [0.25, 0.3) is 0 Å². The molecular formula is C14H32N2O.